The average Bonchev–Trinajstić information content (AvgIpc) is 3.33. The van der Waals surface area contributed by atoms with Gasteiger partial charge in [-0.3, -0.25) is 9.36 Å². The number of benzene rings is 2. The third kappa shape index (κ3) is 5.13. The molecule has 0 radical (unpaired) electrons. The van der Waals surface area contributed by atoms with Gasteiger partial charge in [-0.2, -0.15) is 0 Å². The molecule has 1 heterocycles. The number of nitrogens with zero attached hydrogens (tertiary/aromatic N) is 2. The van der Waals surface area contributed by atoms with Crippen molar-refractivity contribution < 1.29 is 22.3 Å². The average molecular weight is 516 g/mol. The lowest BCUT2D eigenvalue weighted by molar-refractivity contribution is 0.0505. The zero-order valence-corrected chi connectivity index (χ0v) is 21.6. The van der Waals surface area contributed by atoms with Crippen LogP contribution in [-0.2, 0) is 14.6 Å². The molecule has 0 unspecified atom stereocenters. The van der Waals surface area contributed by atoms with Crippen LogP contribution in [0.5, 0.6) is 0 Å². The van der Waals surface area contributed by atoms with Crippen LogP contribution in [0.4, 0.5) is 9.18 Å². The number of sulfone groups is 1. The highest BCUT2D eigenvalue weighted by molar-refractivity contribution is 7.92. The number of nitrogens with one attached hydrogen (secondary N) is 1. The Kier molecular flexibility index (Phi) is 6.92. The second-order valence-electron chi connectivity index (χ2n) is 10.1. The van der Waals surface area contributed by atoms with E-state index in [0.717, 1.165) is 23.5 Å². The van der Waals surface area contributed by atoms with Crippen LogP contribution in [0.1, 0.15) is 65.2 Å². The largest absolute Gasteiger partial charge is 0.444 e. The van der Waals surface area contributed by atoms with Gasteiger partial charge in [-0.25, -0.2) is 22.6 Å². The summed E-state index contributed by atoms with van der Waals surface area (Å²) in [7, 11) is -3.78. The zero-order chi connectivity index (χ0) is 26.3. The van der Waals surface area contributed by atoms with Crippen molar-refractivity contribution in [2.75, 3.05) is 0 Å². The number of hydrogen-bond donors (Lipinski definition) is 1. The number of hydrogen-bond acceptors (Lipinski definition) is 6. The smallest absolute Gasteiger partial charge is 0.408 e. The minimum Gasteiger partial charge on any atom is -0.444 e. The monoisotopic (exact) mass is 515 g/mol. The molecule has 2 aromatic carbocycles. The summed E-state index contributed by atoms with van der Waals surface area (Å²) in [6.45, 7) is 6.79. The number of alkyl carbamates (subject to hydrolysis) is 1. The topological polar surface area (TPSA) is 107 Å². The Bertz CT molecular complexity index is 1470. The normalized spacial score (nSPS) is 15.7. The van der Waals surface area contributed by atoms with E-state index in [2.05, 4.69) is 10.3 Å². The highest BCUT2D eigenvalue weighted by atomic mass is 32.2. The van der Waals surface area contributed by atoms with Crippen molar-refractivity contribution >= 4 is 26.8 Å². The molecule has 0 saturated heterocycles. The predicted octanol–water partition coefficient (Wildman–Crippen LogP) is 4.83. The molecule has 0 aliphatic heterocycles. The Hall–Kier alpha value is -3.27. The molecule has 1 N–H and O–H groups in total. The van der Waals surface area contributed by atoms with E-state index in [9.17, 15) is 22.4 Å². The van der Waals surface area contributed by atoms with Gasteiger partial charge in [-0.15, -0.1) is 0 Å². The molecule has 10 heteroatoms. The minimum absolute atomic E-state index is 0.0538. The van der Waals surface area contributed by atoms with Crippen LogP contribution in [0.2, 0.25) is 0 Å². The molecule has 1 saturated carbocycles. The van der Waals surface area contributed by atoms with Crippen molar-refractivity contribution in [1.29, 1.82) is 0 Å². The van der Waals surface area contributed by atoms with Crippen LogP contribution in [0.25, 0.3) is 16.6 Å². The third-order valence-electron chi connectivity index (χ3n) is 6.12. The van der Waals surface area contributed by atoms with Crippen LogP contribution >= 0.6 is 0 Å². The van der Waals surface area contributed by atoms with Gasteiger partial charge in [0, 0.05) is 0 Å². The van der Waals surface area contributed by atoms with Crippen molar-refractivity contribution in [1.82, 2.24) is 14.9 Å². The zero-order valence-electron chi connectivity index (χ0n) is 20.7. The molecular weight excluding hydrogens is 485 g/mol. The molecule has 0 spiro atoms. The van der Waals surface area contributed by atoms with Gasteiger partial charge in [0.25, 0.3) is 5.56 Å². The van der Waals surface area contributed by atoms with E-state index in [-0.39, 0.29) is 27.3 Å². The quantitative estimate of drug-likeness (QED) is 0.522. The van der Waals surface area contributed by atoms with Crippen molar-refractivity contribution in [2.45, 2.75) is 75.2 Å². The molecule has 1 fully saturated rings. The molecule has 1 aromatic heterocycles. The minimum atomic E-state index is -3.78. The third-order valence-corrected chi connectivity index (χ3v) is 8.42. The Labute approximate surface area is 209 Å². The van der Waals surface area contributed by atoms with E-state index in [0.29, 0.717) is 12.8 Å². The molecule has 1 aliphatic carbocycles. The summed E-state index contributed by atoms with van der Waals surface area (Å²) in [4.78, 5) is 30.9. The van der Waals surface area contributed by atoms with Crippen LogP contribution in [-0.4, -0.2) is 34.9 Å². The maximum Gasteiger partial charge on any atom is 0.408 e. The maximum atomic E-state index is 14.2. The fourth-order valence-corrected chi connectivity index (χ4v) is 6.59. The number of aromatic nitrogens is 2. The fourth-order valence-electron chi connectivity index (χ4n) is 4.54. The number of fused-ring (bicyclic) bond motifs is 1. The summed E-state index contributed by atoms with van der Waals surface area (Å²) >= 11 is 0. The molecular formula is C26H30FN3O5S. The summed E-state index contributed by atoms with van der Waals surface area (Å²) in [6, 6.07) is 9.08. The van der Waals surface area contributed by atoms with Crippen molar-refractivity contribution in [3.8, 4) is 5.69 Å². The van der Waals surface area contributed by atoms with Gasteiger partial charge in [0.2, 0.25) is 0 Å². The molecule has 1 atom stereocenters. The molecule has 1 amide bonds. The molecule has 4 rings (SSSR count). The number of rotatable bonds is 5. The van der Waals surface area contributed by atoms with Crippen LogP contribution < -0.4 is 10.9 Å². The molecule has 36 heavy (non-hydrogen) atoms. The van der Waals surface area contributed by atoms with Crippen LogP contribution in [0.3, 0.4) is 0 Å². The van der Waals surface area contributed by atoms with E-state index in [1.54, 1.807) is 39.8 Å². The Morgan fingerprint density at radius 3 is 2.47 bits per heavy atom. The number of ether oxygens (including phenoxy) is 1. The first-order valence-electron chi connectivity index (χ1n) is 11.9. The Balaban J connectivity index is 1.94. The van der Waals surface area contributed by atoms with Gasteiger partial charge < -0.3 is 10.1 Å². The standard InChI is InChI=1S/C26H30FN3O5S/c1-16(28-25(32)35-26(2,3)4)23-29-20-13-8-14-21(36(33,34)19-11-5-6-12-19)22(20)24(31)30(23)18-10-7-9-17(27)15-18/h7-10,13-16,19H,5-6,11-12H2,1-4H3,(H,28,32)/t16-/m0/s1. The van der Waals surface area contributed by atoms with Crippen LogP contribution in [0, 0.1) is 5.82 Å². The van der Waals surface area contributed by atoms with E-state index in [1.807, 2.05) is 0 Å². The van der Waals surface area contributed by atoms with Crippen molar-refractivity contribution in [3.63, 3.8) is 0 Å². The number of halogens is 1. The molecule has 0 bridgehead atoms. The molecule has 192 valence electrons. The highest BCUT2D eigenvalue weighted by Crippen LogP contribution is 2.32. The maximum absolute atomic E-state index is 14.2. The van der Waals surface area contributed by atoms with Gasteiger partial charge in [-0.05, 0) is 70.9 Å². The van der Waals surface area contributed by atoms with Crippen LogP contribution in [0.15, 0.2) is 52.2 Å². The summed E-state index contributed by atoms with van der Waals surface area (Å²) in [6.07, 6.45) is 2.00. The predicted molar refractivity (Wildman–Crippen MR) is 135 cm³/mol. The number of carbonyl (C=O) groups is 1. The SMILES string of the molecule is C[C@H](NC(=O)OC(C)(C)C)c1nc2cccc(S(=O)(=O)C3CCCC3)c2c(=O)n1-c1cccc(F)c1. The second-order valence-corrected chi connectivity index (χ2v) is 12.3. The lowest BCUT2D eigenvalue weighted by atomic mass is 10.2. The molecule has 8 nitrogen and oxygen atoms in total. The van der Waals surface area contributed by atoms with E-state index in [1.165, 1.54) is 24.3 Å². The number of carbonyl (C=O) groups excluding carboxylic acids is 1. The summed E-state index contributed by atoms with van der Waals surface area (Å²) in [5.74, 6) is -0.468. The Morgan fingerprint density at radius 1 is 1.17 bits per heavy atom. The van der Waals surface area contributed by atoms with Crippen molar-refractivity contribution in [3.05, 3.63) is 64.5 Å². The highest BCUT2D eigenvalue weighted by Gasteiger charge is 2.33. The molecule has 1 aliphatic rings. The number of amides is 1. The van der Waals surface area contributed by atoms with Gasteiger partial charge >= 0.3 is 6.09 Å². The van der Waals surface area contributed by atoms with E-state index < -0.39 is 44.2 Å². The van der Waals surface area contributed by atoms with E-state index in [4.69, 9.17) is 4.74 Å². The van der Waals surface area contributed by atoms with E-state index >= 15 is 0 Å². The van der Waals surface area contributed by atoms with Gasteiger partial charge in [-0.1, -0.05) is 25.0 Å². The van der Waals surface area contributed by atoms with Crippen molar-refractivity contribution in [2.24, 2.45) is 0 Å². The summed E-state index contributed by atoms with van der Waals surface area (Å²) in [5.41, 5.74) is -1.06. The second kappa shape index (κ2) is 9.65. The Morgan fingerprint density at radius 2 is 1.83 bits per heavy atom. The first kappa shape index (κ1) is 25.8. The first-order valence-corrected chi connectivity index (χ1v) is 13.5. The lowest BCUT2D eigenvalue weighted by Crippen LogP contribution is -2.37. The first-order chi connectivity index (χ1) is 16.9. The summed E-state index contributed by atoms with van der Waals surface area (Å²) in [5, 5.41) is 2.05. The fraction of sp³-hybridized carbons (Fsp3) is 0.423. The molecule has 3 aromatic rings. The van der Waals surface area contributed by atoms with Gasteiger partial charge in [0.05, 0.1) is 32.8 Å². The lowest BCUT2D eigenvalue weighted by Gasteiger charge is -2.23. The summed E-state index contributed by atoms with van der Waals surface area (Å²) < 4.78 is 47.6. The van der Waals surface area contributed by atoms with Gasteiger partial charge in [0.1, 0.15) is 17.2 Å². The van der Waals surface area contributed by atoms with Gasteiger partial charge in [0.15, 0.2) is 9.84 Å².